The number of carbonyl (C=O) groups is 12. The smallest absolute Gasteiger partial charge is 0.323 e. The molecule has 0 aliphatic carbocycles. The molecular formula is C80H85Cl4FN22O18. The molecule has 2 fully saturated rings. The van der Waals surface area contributed by atoms with Crippen LogP contribution >= 0.6 is 46.4 Å². The maximum Gasteiger partial charge on any atom is 0.323 e. The van der Waals surface area contributed by atoms with Crippen molar-refractivity contribution >= 4 is 146 Å². The number of hydrogen-bond acceptors (Lipinski definition) is 28. The summed E-state index contributed by atoms with van der Waals surface area (Å²) < 4.78 is 44.2. The summed E-state index contributed by atoms with van der Waals surface area (Å²) in [6.45, 7) is 11.5. The Morgan fingerprint density at radius 1 is 0.576 bits per heavy atom. The molecule has 10 aromatic rings. The van der Waals surface area contributed by atoms with Crippen LogP contribution in [0.5, 0.6) is 0 Å². The lowest BCUT2D eigenvalue weighted by atomic mass is 9.96. The second-order valence-corrected chi connectivity index (χ2v) is 29.7. The molecule has 6 N–H and O–H groups in total. The predicted molar refractivity (Wildman–Crippen MR) is 445 cm³/mol. The molecule has 4 atom stereocenters. The molecule has 14 rings (SSSR count). The van der Waals surface area contributed by atoms with Crippen molar-refractivity contribution in [2.24, 2.45) is 0 Å². The number of anilines is 3. The topological polar surface area (TPSA) is 489 Å². The normalized spacial score (nSPS) is 15.2. The molecule has 658 valence electrons. The van der Waals surface area contributed by atoms with Crippen LogP contribution in [0.15, 0.2) is 110 Å². The summed E-state index contributed by atoms with van der Waals surface area (Å²) in [5, 5.41) is 46.9. The highest BCUT2D eigenvalue weighted by Gasteiger charge is 2.47. The van der Waals surface area contributed by atoms with Gasteiger partial charge in [-0.3, -0.25) is 73.2 Å². The van der Waals surface area contributed by atoms with E-state index in [-0.39, 0.29) is 133 Å². The van der Waals surface area contributed by atoms with Crippen LogP contribution in [0.1, 0.15) is 155 Å². The Kier molecular flexibility index (Phi) is 32.9. The Balaban J connectivity index is 0.000000208. The number of rotatable bonds is 35. The zero-order valence-corrected chi connectivity index (χ0v) is 71.0. The van der Waals surface area contributed by atoms with Gasteiger partial charge in [-0.25, -0.2) is 38.2 Å². The summed E-state index contributed by atoms with van der Waals surface area (Å²) in [6, 6.07) is 11.7. The number of nitrogens with zero attached hydrogens (tertiary/aromatic N) is 17. The number of ketones is 1. The number of ether oxygens (including phenoxy) is 5. The number of benzene rings is 2. The van der Waals surface area contributed by atoms with Gasteiger partial charge in [0.2, 0.25) is 29.5 Å². The molecule has 0 radical (unpaired) electrons. The Bertz CT molecular complexity index is 5650. The number of Topliss-reactive ketones (excluding diaryl/α,β-unsaturated/α-hetero) is 1. The Morgan fingerprint density at radius 3 is 1.63 bits per heavy atom. The standard InChI is InChI=1S/C41H45Cl2N13O10.C20H19Cl2N7O.C13H9FN2O4.C6H12O3/c1-24(36-29(23-45-32-21-31(43)52-55(32)36)50-41(62)49-25-20-27(42)37(46-22-25)56-47-9-10-48-56)53(2)34(58)8-12-63-14-16-65-18-19-66-17-15-64-13-11-44-28-5-3-4-26-35(28)40(61)54(39(26)60)30-6-7-33(57)51-38(30)59;1-3-12(2)19-14(11-23-18-9-17(22)27-28(18)19)8-15(30)6-13-7-16(21)20(24-10-13)29-25-4-5-26-29;14-7-3-1-2-6-10(7)13(20)16(12(6)19)8-4-5-9(17)15-11(8)18;1-2-4-9-5-3-6(7)8/h3-5,9-10,20-24,30,44H,6-8,11-19H2,1-2H3,(H2,49,50,62)(H,51,57,59);4-5,7,9-12H,3,6,8H2,1-2H3;1-3,8H,4-5H2,(H,15,17,18);2-5H2,1H3,(H,7,8)/t24-,30?;12-;;/m01../s1. The fraction of sp³-hybridized carbons (Fsp3) is 0.375. The van der Waals surface area contributed by atoms with E-state index >= 15 is 0 Å². The van der Waals surface area contributed by atoms with Crippen molar-refractivity contribution < 1.29 is 90.7 Å². The number of carbonyl (C=O) groups excluding carboxylic acids is 11. The number of aromatic nitrogens is 14. The number of halogens is 5. The van der Waals surface area contributed by atoms with Gasteiger partial charge in [0.25, 0.3) is 23.6 Å². The lowest BCUT2D eigenvalue weighted by molar-refractivity contribution is -0.138. The first-order valence-corrected chi connectivity index (χ1v) is 40.8. The molecule has 4 aliphatic heterocycles. The number of nitrogens with one attached hydrogen (secondary N) is 5. The SMILES string of the molecule is CCCOCCC(=O)O.CC[C@@H](C)c1c(CC(=O)Cc2cnc(-n3nccn3)c(Cl)c2)cnc2cc(Cl)nn12.C[C@@H](c1c(NC(=O)Nc2cnc(-n3nccn3)c(Cl)c2)cnc2cc(Cl)nn12)N(C)C(=O)CCOCCOCCOCCOCCNc1cccc2c1C(=O)N(C1CCC(=O)NC1=O)C2=O.O=C1CCC(N2C(=O)c3cccc(F)c3C2=O)C(=O)N1. The molecule has 0 saturated carbocycles. The number of amides is 11. The minimum atomic E-state index is -1.07. The molecule has 125 heavy (non-hydrogen) atoms. The molecule has 0 bridgehead atoms. The van der Waals surface area contributed by atoms with E-state index in [1.165, 1.54) is 68.1 Å². The molecule has 11 amide bonds. The Hall–Kier alpha value is -12.6. The van der Waals surface area contributed by atoms with Crippen molar-refractivity contribution in [3.63, 3.8) is 0 Å². The van der Waals surface area contributed by atoms with Crippen LogP contribution in [0.3, 0.4) is 0 Å². The van der Waals surface area contributed by atoms with E-state index in [4.69, 9.17) is 75.2 Å². The number of hydrogen-bond donors (Lipinski definition) is 6. The highest BCUT2D eigenvalue weighted by molar-refractivity contribution is 6.33. The van der Waals surface area contributed by atoms with Crippen molar-refractivity contribution in [1.29, 1.82) is 0 Å². The molecule has 2 aromatic carbocycles. The molecule has 2 unspecified atom stereocenters. The first-order chi connectivity index (χ1) is 60.1. The number of piperidine rings is 2. The van der Waals surface area contributed by atoms with Crippen LogP contribution < -0.4 is 26.6 Å². The van der Waals surface area contributed by atoms with Gasteiger partial charge in [-0.15, -0.1) is 9.59 Å². The van der Waals surface area contributed by atoms with Crippen LogP contribution in [0.2, 0.25) is 20.4 Å². The van der Waals surface area contributed by atoms with Gasteiger partial charge in [0.05, 0.1) is 171 Å². The molecule has 12 heterocycles. The van der Waals surface area contributed by atoms with Gasteiger partial charge in [-0.2, -0.15) is 30.6 Å². The summed E-state index contributed by atoms with van der Waals surface area (Å²) in [5.74, 6) is -5.86. The van der Waals surface area contributed by atoms with E-state index in [0.29, 0.717) is 97.1 Å². The minimum Gasteiger partial charge on any atom is -0.481 e. The molecule has 2 saturated heterocycles. The largest absolute Gasteiger partial charge is 0.481 e. The summed E-state index contributed by atoms with van der Waals surface area (Å²) >= 11 is 24.9. The monoisotopic (exact) mass is 1800 g/mol. The third-order valence-corrected chi connectivity index (χ3v) is 20.5. The third kappa shape index (κ3) is 23.7. The second-order valence-electron chi connectivity index (χ2n) is 28.1. The Morgan fingerprint density at radius 2 is 1.09 bits per heavy atom. The molecular weight excluding hydrogens is 1720 g/mol. The average molecular weight is 1800 g/mol. The second kappa shape index (κ2) is 44.1. The van der Waals surface area contributed by atoms with E-state index in [1.807, 2.05) is 6.92 Å². The number of carboxylic acids is 1. The zero-order chi connectivity index (χ0) is 89.5. The third-order valence-electron chi connectivity index (χ3n) is 19.6. The van der Waals surface area contributed by atoms with E-state index in [9.17, 15) is 61.9 Å². The van der Waals surface area contributed by atoms with Crippen LogP contribution in [0, 0.1) is 5.82 Å². The van der Waals surface area contributed by atoms with Crippen LogP contribution in [0.4, 0.5) is 26.2 Å². The number of aliphatic carboxylic acids is 1. The average Bonchev–Trinajstić information content (AvgIpc) is 1.61. The van der Waals surface area contributed by atoms with Crippen molar-refractivity contribution in [3.05, 3.63) is 181 Å². The maximum atomic E-state index is 13.7. The van der Waals surface area contributed by atoms with Crippen molar-refractivity contribution in [1.82, 2.24) is 94.5 Å². The van der Waals surface area contributed by atoms with E-state index in [1.54, 1.807) is 73.6 Å². The molecule has 4 aliphatic rings. The van der Waals surface area contributed by atoms with E-state index in [2.05, 4.69) is 91.0 Å². The summed E-state index contributed by atoms with van der Waals surface area (Å²) in [5.41, 5.74) is 5.08. The highest BCUT2D eigenvalue weighted by atomic mass is 35.5. The zero-order valence-electron chi connectivity index (χ0n) is 67.9. The van der Waals surface area contributed by atoms with Gasteiger partial charge in [0.15, 0.2) is 33.2 Å². The summed E-state index contributed by atoms with van der Waals surface area (Å²) in [4.78, 5) is 170. The first kappa shape index (κ1) is 93.1. The van der Waals surface area contributed by atoms with Gasteiger partial charge in [-0.1, -0.05) is 79.3 Å². The number of imide groups is 4. The molecule has 45 heteroatoms. The molecule has 0 spiro atoms. The van der Waals surface area contributed by atoms with Crippen molar-refractivity contribution in [2.45, 2.75) is 116 Å². The quantitative estimate of drug-likeness (QED) is 0.0161. The summed E-state index contributed by atoms with van der Waals surface area (Å²) in [6.07, 6.45) is 14.9. The van der Waals surface area contributed by atoms with Gasteiger partial charge >= 0.3 is 12.0 Å². The lowest BCUT2D eigenvalue weighted by Crippen LogP contribution is -2.54. The number of carboxylic acid groups (broad SMARTS) is 1. The van der Waals surface area contributed by atoms with Crippen LogP contribution in [0.25, 0.3) is 22.9 Å². The fourth-order valence-corrected chi connectivity index (χ4v) is 14.2. The minimum absolute atomic E-state index is 0.0294. The predicted octanol–water partition coefficient (Wildman–Crippen LogP) is 8.14. The van der Waals surface area contributed by atoms with Crippen molar-refractivity contribution in [2.75, 3.05) is 95.6 Å². The fourth-order valence-electron chi connectivity index (χ4n) is 13.3. The van der Waals surface area contributed by atoms with Gasteiger partial charge in [0, 0.05) is 76.1 Å². The number of urea groups is 1. The maximum absolute atomic E-state index is 13.7. The van der Waals surface area contributed by atoms with Gasteiger partial charge in [-0.05, 0) is 86.1 Å². The summed E-state index contributed by atoms with van der Waals surface area (Å²) in [7, 11) is 1.63. The van der Waals surface area contributed by atoms with Gasteiger partial charge in [0.1, 0.15) is 23.7 Å². The van der Waals surface area contributed by atoms with Crippen LogP contribution in [-0.2, 0) is 70.1 Å². The number of fused-ring (bicyclic) bond motifs is 4. The molecule has 40 nitrogen and oxygen atoms in total. The van der Waals surface area contributed by atoms with Crippen LogP contribution in [-0.4, -0.2) is 252 Å². The Labute approximate surface area is 731 Å². The van der Waals surface area contributed by atoms with Crippen molar-refractivity contribution in [3.8, 4) is 11.6 Å². The van der Waals surface area contributed by atoms with E-state index < -0.39 is 83.2 Å². The first-order valence-electron chi connectivity index (χ1n) is 39.3. The molecule has 8 aromatic heterocycles. The van der Waals surface area contributed by atoms with Gasteiger partial charge < -0.3 is 49.6 Å². The van der Waals surface area contributed by atoms with E-state index in [0.717, 1.165) is 45.5 Å². The highest BCUT2D eigenvalue weighted by Crippen LogP contribution is 2.35. The number of pyridine rings is 2. The lowest BCUT2D eigenvalue weighted by Gasteiger charge is -2.27.